The third-order valence-corrected chi connectivity index (χ3v) is 3.89. The molecular formula is C18H24Cl2N4O2. The number of nitrogens with one attached hydrogen (secondary N) is 2. The molecule has 2 amide bonds. The molecule has 0 spiro atoms. The van der Waals surface area contributed by atoms with Gasteiger partial charge in [0.05, 0.1) is 17.9 Å². The Balaban J connectivity index is 0.00000312. The molecule has 0 saturated carbocycles. The predicted octanol–water partition coefficient (Wildman–Crippen LogP) is 3.49. The van der Waals surface area contributed by atoms with Gasteiger partial charge in [0.1, 0.15) is 0 Å². The summed E-state index contributed by atoms with van der Waals surface area (Å²) in [6.07, 6.45) is 4.04. The fourth-order valence-corrected chi connectivity index (χ4v) is 2.08. The van der Waals surface area contributed by atoms with Crippen molar-refractivity contribution in [3.05, 3.63) is 54.4 Å². The molecule has 1 aromatic carbocycles. The molecule has 4 N–H and O–H groups in total. The van der Waals surface area contributed by atoms with Crippen molar-refractivity contribution in [1.82, 2.24) is 4.98 Å². The lowest BCUT2D eigenvalue weighted by molar-refractivity contribution is -0.118. The van der Waals surface area contributed by atoms with Crippen molar-refractivity contribution < 1.29 is 9.59 Å². The summed E-state index contributed by atoms with van der Waals surface area (Å²) >= 11 is 0. The molecule has 2 rings (SSSR count). The number of anilines is 2. The zero-order valence-corrected chi connectivity index (χ0v) is 16.3. The van der Waals surface area contributed by atoms with Crippen LogP contribution in [0.1, 0.15) is 30.6 Å². The number of hydrogen-bond acceptors (Lipinski definition) is 4. The van der Waals surface area contributed by atoms with Gasteiger partial charge >= 0.3 is 0 Å². The van der Waals surface area contributed by atoms with Crippen molar-refractivity contribution in [2.45, 2.75) is 26.3 Å². The maximum Gasteiger partial charge on any atom is 0.255 e. The first-order valence-corrected chi connectivity index (χ1v) is 7.89. The molecule has 2 atom stereocenters. The van der Waals surface area contributed by atoms with Gasteiger partial charge < -0.3 is 16.4 Å². The van der Waals surface area contributed by atoms with E-state index in [2.05, 4.69) is 15.6 Å². The minimum atomic E-state index is -0.552. The first kappa shape index (κ1) is 23.9. The molecular weight excluding hydrogens is 375 g/mol. The summed E-state index contributed by atoms with van der Waals surface area (Å²) in [5, 5.41) is 5.52. The second-order valence-electron chi connectivity index (χ2n) is 5.67. The smallest absolute Gasteiger partial charge is 0.255 e. The van der Waals surface area contributed by atoms with E-state index in [0.717, 1.165) is 6.42 Å². The van der Waals surface area contributed by atoms with Crippen LogP contribution in [0.5, 0.6) is 0 Å². The van der Waals surface area contributed by atoms with Crippen LogP contribution in [0.2, 0.25) is 0 Å². The summed E-state index contributed by atoms with van der Waals surface area (Å²) in [7, 11) is 0. The molecule has 0 aliphatic rings. The minimum absolute atomic E-state index is 0. The number of aromatic nitrogens is 1. The first-order valence-electron chi connectivity index (χ1n) is 7.89. The van der Waals surface area contributed by atoms with Crippen molar-refractivity contribution in [2.75, 3.05) is 10.6 Å². The van der Waals surface area contributed by atoms with Gasteiger partial charge in [-0.1, -0.05) is 20.3 Å². The van der Waals surface area contributed by atoms with Crippen LogP contribution in [0.3, 0.4) is 0 Å². The van der Waals surface area contributed by atoms with Crippen LogP contribution < -0.4 is 16.4 Å². The standard InChI is InChI=1S/C18H22N4O2.2ClH/c1-3-12(2)16(19)18(24)21-14-8-6-13(7-9-14)17(23)22-15-5-4-10-20-11-15;;/h4-12,16H,3,19H2,1-2H3,(H,21,24)(H,22,23);2*1H. The van der Waals surface area contributed by atoms with Crippen molar-refractivity contribution >= 4 is 48.0 Å². The second kappa shape index (κ2) is 11.5. The summed E-state index contributed by atoms with van der Waals surface area (Å²) < 4.78 is 0. The number of rotatable bonds is 6. The Hall–Kier alpha value is -2.15. The molecule has 1 heterocycles. The molecule has 2 unspecified atom stereocenters. The molecule has 0 radical (unpaired) electrons. The Bertz CT molecular complexity index is 696. The van der Waals surface area contributed by atoms with Gasteiger partial charge in [0, 0.05) is 17.4 Å². The molecule has 0 saturated heterocycles. The van der Waals surface area contributed by atoms with Gasteiger partial charge in [0.2, 0.25) is 5.91 Å². The average Bonchev–Trinajstić information content (AvgIpc) is 2.61. The molecule has 26 heavy (non-hydrogen) atoms. The molecule has 2 aromatic rings. The highest BCUT2D eigenvalue weighted by atomic mass is 35.5. The third kappa shape index (κ3) is 6.63. The predicted molar refractivity (Wildman–Crippen MR) is 109 cm³/mol. The topological polar surface area (TPSA) is 97.1 Å². The van der Waals surface area contributed by atoms with Crippen LogP contribution in [-0.4, -0.2) is 22.8 Å². The normalized spacial score (nSPS) is 12.0. The molecule has 0 aliphatic carbocycles. The van der Waals surface area contributed by atoms with Crippen LogP contribution in [0.4, 0.5) is 11.4 Å². The summed E-state index contributed by atoms with van der Waals surface area (Å²) in [4.78, 5) is 28.1. The fraction of sp³-hybridized carbons (Fsp3) is 0.278. The largest absolute Gasteiger partial charge is 0.325 e. The maximum absolute atomic E-state index is 12.1. The zero-order chi connectivity index (χ0) is 17.5. The number of nitrogens with zero attached hydrogens (tertiary/aromatic N) is 1. The van der Waals surface area contributed by atoms with Crippen molar-refractivity contribution in [1.29, 1.82) is 0 Å². The lowest BCUT2D eigenvalue weighted by Gasteiger charge is -2.17. The number of nitrogens with two attached hydrogens (primary N) is 1. The SMILES string of the molecule is CCC(C)C(N)C(=O)Nc1ccc(C(=O)Nc2cccnc2)cc1.Cl.Cl. The second-order valence-corrected chi connectivity index (χ2v) is 5.67. The lowest BCUT2D eigenvalue weighted by Crippen LogP contribution is -2.40. The molecule has 142 valence electrons. The number of pyridine rings is 1. The Morgan fingerprint density at radius 1 is 1.08 bits per heavy atom. The number of carbonyl (C=O) groups is 2. The van der Waals surface area contributed by atoms with E-state index in [0.29, 0.717) is 16.9 Å². The van der Waals surface area contributed by atoms with Gasteiger partial charge in [-0.2, -0.15) is 0 Å². The zero-order valence-electron chi connectivity index (χ0n) is 14.6. The summed E-state index contributed by atoms with van der Waals surface area (Å²) in [6.45, 7) is 3.93. The molecule has 0 bridgehead atoms. The number of carbonyl (C=O) groups excluding carboxylic acids is 2. The molecule has 1 aromatic heterocycles. The number of halogens is 2. The van der Waals surface area contributed by atoms with E-state index in [1.165, 1.54) is 0 Å². The highest BCUT2D eigenvalue weighted by molar-refractivity contribution is 6.04. The Morgan fingerprint density at radius 3 is 2.27 bits per heavy atom. The molecule has 8 heteroatoms. The van der Waals surface area contributed by atoms with E-state index in [-0.39, 0.29) is 42.5 Å². The van der Waals surface area contributed by atoms with E-state index in [4.69, 9.17) is 5.73 Å². The molecule has 0 fully saturated rings. The number of amides is 2. The summed E-state index contributed by atoms with van der Waals surface area (Å²) in [5.41, 5.74) is 7.62. The van der Waals surface area contributed by atoms with E-state index >= 15 is 0 Å². The van der Waals surface area contributed by atoms with Crippen molar-refractivity contribution in [2.24, 2.45) is 11.7 Å². The Morgan fingerprint density at radius 2 is 1.73 bits per heavy atom. The van der Waals surface area contributed by atoms with Crippen LogP contribution in [0.25, 0.3) is 0 Å². The maximum atomic E-state index is 12.1. The van der Waals surface area contributed by atoms with E-state index in [9.17, 15) is 9.59 Å². The molecule has 0 aliphatic heterocycles. The van der Waals surface area contributed by atoms with Crippen molar-refractivity contribution in [3.63, 3.8) is 0 Å². The van der Waals surface area contributed by atoms with Crippen LogP contribution in [-0.2, 0) is 4.79 Å². The third-order valence-electron chi connectivity index (χ3n) is 3.89. The lowest BCUT2D eigenvalue weighted by atomic mass is 9.99. The fourth-order valence-electron chi connectivity index (χ4n) is 2.08. The minimum Gasteiger partial charge on any atom is -0.325 e. The molecule has 6 nitrogen and oxygen atoms in total. The average molecular weight is 399 g/mol. The van der Waals surface area contributed by atoms with Gasteiger partial charge in [0.15, 0.2) is 0 Å². The quantitative estimate of drug-likeness (QED) is 0.693. The van der Waals surface area contributed by atoms with Gasteiger partial charge in [-0.05, 0) is 42.3 Å². The number of benzene rings is 1. The van der Waals surface area contributed by atoms with Gasteiger partial charge in [0.25, 0.3) is 5.91 Å². The first-order chi connectivity index (χ1) is 11.5. The van der Waals surface area contributed by atoms with Crippen LogP contribution in [0, 0.1) is 5.92 Å². The number of hydrogen-bond donors (Lipinski definition) is 3. The van der Waals surface area contributed by atoms with Gasteiger partial charge in [-0.15, -0.1) is 24.8 Å². The van der Waals surface area contributed by atoms with E-state index < -0.39 is 6.04 Å². The van der Waals surface area contributed by atoms with Crippen LogP contribution >= 0.6 is 24.8 Å². The van der Waals surface area contributed by atoms with Gasteiger partial charge in [-0.3, -0.25) is 14.6 Å². The highest BCUT2D eigenvalue weighted by Gasteiger charge is 2.19. The summed E-state index contributed by atoms with van der Waals surface area (Å²) in [6, 6.07) is 9.61. The highest BCUT2D eigenvalue weighted by Crippen LogP contribution is 2.14. The van der Waals surface area contributed by atoms with E-state index in [1.54, 1.807) is 48.8 Å². The summed E-state index contributed by atoms with van der Waals surface area (Å²) in [5.74, 6) is -0.358. The monoisotopic (exact) mass is 398 g/mol. The van der Waals surface area contributed by atoms with Gasteiger partial charge in [-0.25, -0.2) is 0 Å². The van der Waals surface area contributed by atoms with E-state index in [1.807, 2.05) is 13.8 Å². The Labute approximate surface area is 165 Å². The van der Waals surface area contributed by atoms with Crippen LogP contribution in [0.15, 0.2) is 48.8 Å². The van der Waals surface area contributed by atoms with Crippen molar-refractivity contribution in [3.8, 4) is 0 Å². The Kier molecular flexibility index (Phi) is 10.5.